The zero-order chi connectivity index (χ0) is 26.1. The van der Waals surface area contributed by atoms with Crippen molar-refractivity contribution in [1.82, 2.24) is 9.80 Å². The number of carbonyl (C=O) groups is 2. The maximum atomic E-state index is 13.4. The fourth-order valence-corrected chi connectivity index (χ4v) is 5.44. The highest BCUT2D eigenvalue weighted by atomic mass is 16.5. The first-order valence-electron chi connectivity index (χ1n) is 13.1. The van der Waals surface area contributed by atoms with Crippen molar-refractivity contribution in [2.45, 2.75) is 38.8 Å². The van der Waals surface area contributed by atoms with Crippen molar-refractivity contribution in [3.63, 3.8) is 0 Å². The van der Waals surface area contributed by atoms with Gasteiger partial charge in [-0.05, 0) is 79.3 Å². The SMILES string of the molecule is Cc1cccc(C2c3cc(OCc4ccc(C(=O)N5CCCC5)o4)ccc3CCN2C(=O)c2ccco2)c1. The molecule has 1 fully saturated rings. The van der Waals surface area contributed by atoms with Crippen LogP contribution in [0.25, 0.3) is 0 Å². The number of nitrogens with zero attached hydrogens (tertiary/aromatic N) is 2. The molecular formula is C31H30N2O5. The van der Waals surface area contributed by atoms with Crippen LogP contribution in [0.3, 0.4) is 0 Å². The molecule has 2 aliphatic rings. The average Bonchev–Trinajstić information content (AvgIpc) is 3.74. The number of amides is 2. The summed E-state index contributed by atoms with van der Waals surface area (Å²) in [6.45, 7) is 4.41. The van der Waals surface area contributed by atoms with Crippen LogP contribution in [0.5, 0.6) is 5.75 Å². The lowest BCUT2D eigenvalue weighted by molar-refractivity contribution is 0.0661. The van der Waals surface area contributed by atoms with E-state index in [4.69, 9.17) is 13.6 Å². The first-order valence-corrected chi connectivity index (χ1v) is 13.1. The van der Waals surface area contributed by atoms with E-state index in [0.29, 0.717) is 29.6 Å². The first kappa shape index (κ1) is 24.1. The number of ether oxygens (including phenoxy) is 1. The Morgan fingerprint density at radius 1 is 0.921 bits per heavy atom. The minimum absolute atomic E-state index is 0.0650. The van der Waals surface area contributed by atoms with Gasteiger partial charge in [-0.1, -0.05) is 35.9 Å². The van der Waals surface area contributed by atoms with Crippen molar-refractivity contribution in [2.24, 2.45) is 0 Å². The fraction of sp³-hybridized carbons (Fsp3) is 0.290. The summed E-state index contributed by atoms with van der Waals surface area (Å²) in [5.74, 6) is 1.75. The molecule has 4 aromatic rings. The number of carbonyl (C=O) groups excluding carboxylic acids is 2. The summed E-state index contributed by atoms with van der Waals surface area (Å²) in [6, 6.07) is 21.0. The summed E-state index contributed by atoms with van der Waals surface area (Å²) in [7, 11) is 0. The predicted molar refractivity (Wildman–Crippen MR) is 141 cm³/mol. The number of fused-ring (bicyclic) bond motifs is 1. The Morgan fingerprint density at radius 3 is 2.58 bits per heavy atom. The Hall–Kier alpha value is -4.26. The van der Waals surface area contributed by atoms with E-state index in [2.05, 4.69) is 31.2 Å². The van der Waals surface area contributed by atoms with E-state index in [1.165, 1.54) is 11.8 Å². The van der Waals surface area contributed by atoms with E-state index >= 15 is 0 Å². The lowest BCUT2D eigenvalue weighted by Gasteiger charge is -2.37. The van der Waals surface area contributed by atoms with E-state index in [-0.39, 0.29) is 24.5 Å². The van der Waals surface area contributed by atoms with Gasteiger partial charge in [-0.15, -0.1) is 0 Å². The number of hydrogen-bond acceptors (Lipinski definition) is 5. The number of benzene rings is 2. The van der Waals surface area contributed by atoms with E-state index in [1.807, 2.05) is 28.0 Å². The molecule has 0 bridgehead atoms. The Labute approximate surface area is 221 Å². The summed E-state index contributed by atoms with van der Waals surface area (Å²) in [5.41, 5.74) is 4.39. The molecule has 4 heterocycles. The Balaban J connectivity index is 1.26. The van der Waals surface area contributed by atoms with Crippen LogP contribution in [0.15, 0.2) is 81.8 Å². The molecule has 2 aromatic carbocycles. The van der Waals surface area contributed by atoms with Gasteiger partial charge in [0.15, 0.2) is 11.5 Å². The monoisotopic (exact) mass is 510 g/mol. The molecule has 1 saturated heterocycles. The quantitative estimate of drug-likeness (QED) is 0.329. The van der Waals surface area contributed by atoms with Crippen molar-refractivity contribution in [3.8, 4) is 5.75 Å². The van der Waals surface area contributed by atoms with Crippen LogP contribution in [-0.2, 0) is 13.0 Å². The first-order chi connectivity index (χ1) is 18.6. The maximum Gasteiger partial charge on any atom is 0.290 e. The van der Waals surface area contributed by atoms with Crippen LogP contribution < -0.4 is 4.74 Å². The minimum Gasteiger partial charge on any atom is -0.486 e. The lowest BCUT2D eigenvalue weighted by Crippen LogP contribution is -2.40. The molecule has 2 aliphatic heterocycles. The molecule has 2 aromatic heterocycles. The number of hydrogen-bond donors (Lipinski definition) is 0. The number of aryl methyl sites for hydroxylation is 1. The molecule has 0 N–H and O–H groups in total. The van der Waals surface area contributed by atoms with Gasteiger partial charge in [-0.25, -0.2) is 0 Å². The van der Waals surface area contributed by atoms with Gasteiger partial charge >= 0.3 is 0 Å². The van der Waals surface area contributed by atoms with Crippen molar-refractivity contribution in [1.29, 1.82) is 0 Å². The molecule has 7 heteroatoms. The van der Waals surface area contributed by atoms with Crippen LogP contribution in [-0.4, -0.2) is 41.2 Å². The van der Waals surface area contributed by atoms with Gasteiger partial charge in [0, 0.05) is 19.6 Å². The molecule has 0 radical (unpaired) electrons. The van der Waals surface area contributed by atoms with Gasteiger partial charge in [0.25, 0.3) is 11.8 Å². The van der Waals surface area contributed by atoms with E-state index in [0.717, 1.165) is 49.0 Å². The van der Waals surface area contributed by atoms with Gasteiger partial charge in [0.2, 0.25) is 0 Å². The topological polar surface area (TPSA) is 76.1 Å². The third kappa shape index (κ3) is 4.72. The van der Waals surface area contributed by atoms with Gasteiger partial charge in [0.05, 0.1) is 12.3 Å². The number of rotatable bonds is 6. The van der Waals surface area contributed by atoms with Gasteiger partial charge in [0.1, 0.15) is 18.1 Å². The van der Waals surface area contributed by atoms with E-state index in [9.17, 15) is 9.59 Å². The zero-order valence-electron chi connectivity index (χ0n) is 21.4. The molecule has 38 heavy (non-hydrogen) atoms. The highest BCUT2D eigenvalue weighted by Gasteiger charge is 2.34. The molecule has 0 aliphatic carbocycles. The third-order valence-corrected chi connectivity index (χ3v) is 7.34. The molecular weight excluding hydrogens is 480 g/mol. The molecule has 0 saturated carbocycles. The molecule has 1 atom stereocenters. The lowest BCUT2D eigenvalue weighted by atomic mass is 9.87. The van der Waals surface area contributed by atoms with Gasteiger partial charge in [-0.2, -0.15) is 0 Å². The molecule has 1 unspecified atom stereocenters. The highest BCUT2D eigenvalue weighted by molar-refractivity contribution is 5.92. The van der Waals surface area contributed by atoms with Crippen LogP contribution in [0.2, 0.25) is 0 Å². The number of likely N-dealkylation sites (tertiary alicyclic amines) is 1. The van der Waals surface area contributed by atoms with Gasteiger partial charge in [-0.3, -0.25) is 9.59 Å². The van der Waals surface area contributed by atoms with Crippen molar-refractivity contribution >= 4 is 11.8 Å². The van der Waals surface area contributed by atoms with Crippen molar-refractivity contribution < 1.29 is 23.2 Å². The van der Waals surface area contributed by atoms with Crippen LogP contribution in [0, 0.1) is 6.92 Å². The third-order valence-electron chi connectivity index (χ3n) is 7.34. The summed E-state index contributed by atoms with van der Waals surface area (Å²) < 4.78 is 17.4. The van der Waals surface area contributed by atoms with Gasteiger partial charge < -0.3 is 23.4 Å². The smallest absolute Gasteiger partial charge is 0.290 e. The van der Waals surface area contributed by atoms with E-state index in [1.54, 1.807) is 24.3 Å². The maximum absolute atomic E-state index is 13.4. The second kappa shape index (κ2) is 10.2. The molecule has 6 rings (SSSR count). The van der Waals surface area contributed by atoms with Crippen LogP contribution >= 0.6 is 0 Å². The second-order valence-corrected chi connectivity index (χ2v) is 9.96. The van der Waals surface area contributed by atoms with Crippen molar-refractivity contribution in [3.05, 3.63) is 113 Å². The van der Waals surface area contributed by atoms with Crippen molar-refractivity contribution in [2.75, 3.05) is 19.6 Å². The molecule has 194 valence electrons. The fourth-order valence-electron chi connectivity index (χ4n) is 5.44. The largest absolute Gasteiger partial charge is 0.486 e. The normalized spacial score (nSPS) is 16.9. The van der Waals surface area contributed by atoms with Crippen LogP contribution in [0.1, 0.15) is 68.0 Å². The average molecular weight is 511 g/mol. The molecule has 2 amide bonds. The Morgan fingerprint density at radius 2 is 1.79 bits per heavy atom. The molecule has 0 spiro atoms. The predicted octanol–water partition coefficient (Wildman–Crippen LogP) is 5.78. The zero-order valence-corrected chi connectivity index (χ0v) is 21.4. The van der Waals surface area contributed by atoms with Crippen LogP contribution in [0.4, 0.5) is 0 Å². The Kier molecular flexibility index (Phi) is 6.50. The minimum atomic E-state index is -0.270. The highest BCUT2D eigenvalue weighted by Crippen LogP contribution is 2.38. The standard InChI is InChI=1S/C31H30N2O5/c1-21-6-4-7-23(18-21)29-26-19-24(10-9-22(26)13-16-33(29)31(35)27-8-5-17-36-27)37-20-25-11-12-28(38-25)30(34)32-14-2-3-15-32/h4-12,17-19,29H,2-3,13-16,20H2,1H3. The van der Waals surface area contributed by atoms with E-state index < -0.39 is 0 Å². The summed E-state index contributed by atoms with van der Waals surface area (Å²) in [5, 5.41) is 0. The second-order valence-electron chi connectivity index (χ2n) is 9.96. The number of furan rings is 2. The summed E-state index contributed by atoms with van der Waals surface area (Å²) in [4.78, 5) is 29.8. The summed E-state index contributed by atoms with van der Waals surface area (Å²) in [6.07, 6.45) is 4.34. The Bertz CT molecular complexity index is 1450. The summed E-state index contributed by atoms with van der Waals surface area (Å²) >= 11 is 0. The molecule has 7 nitrogen and oxygen atoms in total.